The Morgan fingerprint density at radius 3 is 2.69 bits per heavy atom. The summed E-state index contributed by atoms with van der Waals surface area (Å²) in [5.74, 6) is 0.203. The van der Waals surface area contributed by atoms with Crippen molar-refractivity contribution in [2.75, 3.05) is 5.43 Å². The van der Waals surface area contributed by atoms with Gasteiger partial charge in [-0.15, -0.1) is 11.3 Å². The minimum absolute atomic E-state index is 0.203. The standard InChI is InChI=1S/C21H17N3OS/c1-14-6-8-16(9-7-14)19-13-26-21(23-19)24-22-12-18-17-5-3-2-4-15(17)10-11-20(18)25/h2-13,25H,1H3,(H,23,24). The first-order valence-corrected chi connectivity index (χ1v) is 9.11. The molecule has 0 fully saturated rings. The lowest BCUT2D eigenvalue weighted by molar-refractivity contribution is 0.475. The summed E-state index contributed by atoms with van der Waals surface area (Å²) in [6.45, 7) is 2.06. The molecule has 0 aliphatic rings. The fourth-order valence-electron chi connectivity index (χ4n) is 2.75. The summed E-state index contributed by atoms with van der Waals surface area (Å²) in [5, 5.41) is 19.1. The van der Waals surface area contributed by atoms with E-state index in [2.05, 4.69) is 46.7 Å². The van der Waals surface area contributed by atoms with Gasteiger partial charge in [-0.2, -0.15) is 5.10 Å². The minimum atomic E-state index is 0.203. The Bertz CT molecular complexity index is 1080. The van der Waals surface area contributed by atoms with Gasteiger partial charge < -0.3 is 5.11 Å². The van der Waals surface area contributed by atoms with Crippen LogP contribution in [0.25, 0.3) is 22.0 Å². The monoisotopic (exact) mass is 359 g/mol. The van der Waals surface area contributed by atoms with Crippen LogP contribution in [-0.4, -0.2) is 16.3 Å². The molecule has 4 aromatic rings. The first kappa shape index (κ1) is 16.3. The van der Waals surface area contributed by atoms with Crippen LogP contribution in [0, 0.1) is 6.92 Å². The highest BCUT2D eigenvalue weighted by molar-refractivity contribution is 7.14. The van der Waals surface area contributed by atoms with Crippen molar-refractivity contribution in [1.82, 2.24) is 4.98 Å². The number of aromatic hydroxyl groups is 1. The van der Waals surface area contributed by atoms with E-state index in [1.807, 2.05) is 35.7 Å². The number of hydrazone groups is 1. The predicted molar refractivity (Wildman–Crippen MR) is 109 cm³/mol. The van der Waals surface area contributed by atoms with E-state index in [0.717, 1.165) is 22.0 Å². The van der Waals surface area contributed by atoms with E-state index in [1.165, 1.54) is 16.9 Å². The van der Waals surface area contributed by atoms with Crippen molar-refractivity contribution < 1.29 is 5.11 Å². The predicted octanol–water partition coefficient (Wildman–Crippen LogP) is 5.42. The quantitative estimate of drug-likeness (QED) is 0.378. The van der Waals surface area contributed by atoms with Gasteiger partial charge in [0.05, 0.1) is 11.9 Å². The van der Waals surface area contributed by atoms with Crippen LogP contribution in [-0.2, 0) is 0 Å². The molecule has 0 spiro atoms. The van der Waals surface area contributed by atoms with Crippen molar-refractivity contribution in [2.45, 2.75) is 6.92 Å². The van der Waals surface area contributed by atoms with Gasteiger partial charge >= 0.3 is 0 Å². The number of benzene rings is 3. The molecule has 26 heavy (non-hydrogen) atoms. The molecular weight excluding hydrogens is 342 g/mol. The topological polar surface area (TPSA) is 57.5 Å². The van der Waals surface area contributed by atoms with Gasteiger partial charge in [-0.25, -0.2) is 4.98 Å². The van der Waals surface area contributed by atoms with Gasteiger partial charge in [0.1, 0.15) is 5.75 Å². The molecule has 0 aliphatic heterocycles. The molecule has 0 amide bonds. The number of aromatic nitrogens is 1. The third kappa shape index (κ3) is 3.30. The number of hydrogen-bond donors (Lipinski definition) is 2. The van der Waals surface area contributed by atoms with Gasteiger partial charge in [0.2, 0.25) is 5.13 Å². The highest BCUT2D eigenvalue weighted by Gasteiger charge is 2.06. The first-order chi connectivity index (χ1) is 12.7. The van der Waals surface area contributed by atoms with Gasteiger partial charge in [0, 0.05) is 16.5 Å². The molecule has 0 aliphatic carbocycles. The van der Waals surface area contributed by atoms with E-state index in [1.54, 1.807) is 12.3 Å². The molecule has 4 rings (SSSR count). The molecule has 5 heteroatoms. The van der Waals surface area contributed by atoms with Crippen LogP contribution in [0.2, 0.25) is 0 Å². The Hall–Kier alpha value is -3.18. The molecule has 1 heterocycles. The zero-order valence-corrected chi connectivity index (χ0v) is 15.0. The number of fused-ring (bicyclic) bond motifs is 1. The van der Waals surface area contributed by atoms with Crippen LogP contribution in [0.5, 0.6) is 5.75 Å². The summed E-state index contributed by atoms with van der Waals surface area (Å²) < 4.78 is 0. The van der Waals surface area contributed by atoms with Gasteiger partial charge in [-0.1, -0.05) is 60.2 Å². The van der Waals surface area contributed by atoms with E-state index in [9.17, 15) is 5.11 Å². The summed E-state index contributed by atoms with van der Waals surface area (Å²) >= 11 is 1.49. The molecule has 1 aromatic heterocycles. The first-order valence-electron chi connectivity index (χ1n) is 8.23. The number of nitrogens with one attached hydrogen (secondary N) is 1. The Morgan fingerprint density at radius 2 is 1.85 bits per heavy atom. The average Bonchev–Trinajstić information content (AvgIpc) is 3.13. The molecule has 4 nitrogen and oxygen atoms in total. The zero-order valence-electron chi connectivity index (χ0n) is 14.2. The highest BCUT2D eigenvalue weighted by atomic mass is 32.1. The molecule has 0 saturated carbocycles. The fraction of sp³-hybridized carbons (Fsp3) is 0.0476. The van der Waals surface area contributed by atoms with Crippen LogP contribution in [0.3, 0.4) is 0 Å². The smallest absolute Gasteiger partial charge is 0.203 e. The molecule has 0 atom stereocenters. The lowest BCUT2D eigenvalue weighted by atomic mass is 10.0. The molecular formula is C21H17N3OS. The SMILES string of the molecule is Cc1ccc(-c2csc(NN=Cc3c(O)ccc4ccccc34)n2)cc1. The summed E-state index contributed by atoms with van der Waals surface area (Å²) in [6.07, 6.45) is 1.63. The number of rotatable bonds is 4. The Kier molecular flexibility index (Phi) is 4.37. The van der Waals surface area contributed by atoms with Gasteiger partial charge in [0.15, 0.2) is 0 Å². The Morgan fingerprint density at radius 1 is 1.04 bits per heavy atom. The van der Waals surface area contributed by atoms with Crippen LogP contribution in [0.1, 0.15) is 11.1 Å². The largest absolute Gasteiger partial charge is 0.507 e. The second-order valence-corrected chi connectivity index (χ2v) is 6.85. The van der Waals surface area contributed by atoms with E-state index >= 15 is 0 Å². The van der Waals surface area contributed by atoms with Crippen LogP contribution in [0.4, 0.5) is 5.13 Å². The summed E-state index contributed by atoms with van der Waals surface area (Å²) in [7, 11) is 0. The summed E-state index contributed by atoms with van der Waals surface area (Å²) in [5.41, 5.74) is 6.86. The van der Waals surface area contributed by atoms with Gasteiger partial charge in [-0.05, 0) is 23.8 Å². The second kappa shape index (κ2) is 6.98. The number of thiazole rings is 1. The van der Waals surface area contributed by atoms with E-state index in [4.69, 9.17) is 0 Å². The molecule has 0 saturated heterocycles. The normalized spacial score (nSPS) is 11.3. The van der Waals surface area contributed by atoms with Crippen molar-refractivity contribution in [1.29, 1.82) is 0 Å². The van der Waals surface area contributed by atoms with Crippen molar-refractivity contribution in [2.24, 2.45) is 5.10 Å². The van der Waals surface area contributed by atoms with E-state index in [-0.39, 0.29) is 5.75 Å². The maximum Gasteiger partial charge on any atom is 0.203 e. The third-order valence-corrected chi connectivity index (χ3v) is 4.90. The van der Waals surface area contributed by atoms with Crippen LogP contribution < -0.4 is 5.43 Å². The third-order valence-electron chi connectivity index (χ3n) is 4.15. The van der Waals surface area contributed by atoms with Gasteiger partial charge in [-0.3, -0.25) is 5.43 Å². The van der Waals surface area contributed by atoms with Crippen molar-refractivity contribution >= 4 is 33.5 Å². The van der Waals surface area contributed by atoms with E-state index in [0.29, 0.717) is 10.7 Å². The molecule has 0 radical (unpaired) electrons. The lowest BCUT2D eigenvalue weighted by Gasteiger charge is -2.04. The molecule has 0 bridgehead atoms. The fourth-order valence-corrected chi connectivity index (χ4v) is 3.42. The zero-order chi connectivity index (χ0) is 17.9. The number of hydrogen-bond acceptors (Lipinski definition) is 5. The van der Waals surface area contributed by atoms with Crippen molar-refractivity contribution in [3.05, 3.63) is 77.2 Å². The molecule has 2 N–H and O–H groups in total. The molecule has 0 unspecified atom stereocenters. The summed E-state index contributed by atoms with van der Waals surface area (Å²) in [6, 6.07) is 19.7. The maximum absolute atomic E-state index is 10.1. The molecule has 3 aromatic carbocycles. The minimum Gasteiger partial charge on any atom is -0.507 e. The average molecular weight is 359 g/mol. The van der Waals surface area contributed by atoms with Gasteiger partial charge in [0.25, 0.3) is 0 Å². The van der Waals surface area contributed by atoms with E-state index < -0.39 is 0 Å². The summed E-state index contributed by atoms with van der Waals surface area (Å²) in [4.78, 5) is 4.56. The van der Waals surface area contributed by atoms with Crippen molar-refractivity contribution in [3.63, 3.8) is 0 Å². The number of aryl methyl sites for hydroxylation is 1. The number of nitrogens with zero attached hydrogens (tertiary/aromatic N) is 2. The lowest BCUT2D eigenvalue weighted by Crippen LogP contribution is -1.92. The number of anilines is 1. The van der Waals surface area contributed by atoms with Crippen LogP contribution >= 0.6 is 11.3 Å². The van der Waals surface area contributed by atoms with Crippen molar-refractivity contribution in [3.8, 4) is 17.0 Å². The van der Waals surface area contributed by atoms with Crippen LogP contribution in [0.15, 0.2) is 71.1 Å². The second-order valence-electron chi connectivity index (χ2n) is 5.99. The Balaban J connectivity index is 1.55. The Labute approximate surface area is 155 Å². The highest BCUT2D eigenvalue weighted by Crippen LogP contribution is 2.27. The number of phenols is 1. The number of phenolic OH excluding ortho intramolecular Hbond substituents is 1. The maximum atomic E-state index is 10.1. The molecule has 128 valence electrons.